The summed E-state index contributed by atoms with van der Waals surface area (Å²) in [4.78, 5) is 10.7. The van der Waals surface area contributed by atoms with Gasteiger partial charge in [-0.05, 0) is 124 Å². The van der Waals surface area contributed by atoms with Crippen LogP contribution in [0.3, 0.4) is 0 Å². The van der Waals surface area contributed by atoms with Crippen molar-refractivity contribution in [2.45, 2.75) is 12.3 Å². The third-order valence-corrected chi connectivity index (χ3v) is 14.5. The molecule has 1 aliphatic carbocycles. The number of furan rings is 1. The maximum absolute atomic E-state index is 6.28. The Bertz CT molecular complexity index is 3680. The normalized spacial score (nSPS) is 14.4. The molecular weight excluding hydrogens is 797 g/mol. The second-order valence-corrected chi connectivity index (χ2v) is 18.1. The summed E-state index contributed by atoms with van der Waals surface area (Å²) < 4.78 is 8.86. The summed E-state index contributed by atoms with van der Waals surface area (Å²) in [5.74, 6) is 0.687. The minimum atomic E-state index is -0.332. The van der Waals surface area contributed by atoms with Crippen molar-refractivity contribution in [1.29, 1.82) is 0 Å². The predicted molar refractivity (Wildman–Crippen MR) is 267 cm³/mol. The van der Waals surface area contributed by atoms with Gasteiger partial charge in [0.2, 0.25) is 0 Å². The highest BCUT2D eigenvalue weighted by Gasteiger charge is 2.40. The quantitative estimate of drug-likeness (QED) is 0.167. The average molecular weight is 835 g/mol. The standard InChI is InChI=1S/C60H38N2OS/c1-60(44-16-6-3-7-17-44)51-21-11-8-18-45(51)46-27-24-40(35-52(46)60)53-36-54(62-59(61-53)37-14-4-2-5-15-37)43-31-41(38-25-28-56-49(33-38)47-19-9-12-22-55(47)63-56)30-42(32-43)39-26-29-58-50(34-39)48-20-10-13-23-57(48)64-58/h2-36H,1H3. The lowest BCUT2D eigenvalue weighted by Crippen LogP contribution is -2.22. The molecule has 0 aliphatic heterocycles. The smallest absolute Gasteiger partial charge is 0.160 e. The van der Waals surface area contributed by atoms with Crippen molar-refractivity contribution in [3.8, 4) is 67.3 Å². The number of thiophene rings is 1. The van der Waals surface area contributed by atoms with Crippen LogP contribution in [0.25, 0.3) is 109 Å². The first-order chi connectivity index (χ1) is 31.5. The summed E-state index contributed by atoms with van der Waals surface area (Å²) in [6.45, 7) is 2.37. The van der Waals surface area contributed by atoms with Crippen molar-refractivity contribution >= 4 is 53.4 Å². The first-order valence-corrected chi connectivity index (χ1v) is 22.6. The van der Waals surface area contributed by atoms with Gasteiger partial charge in [0.15, 0.2) is 5.82 Å². The van der Waals surface area contributed by atoms with E-state index in [1.807, 2.05) is 29.5 Å². The maximum Gasteiger partial charge on any atom is 0.160 e. The largest absolute Gasteiger partial charge is 0.456 e. The minimum absolute atomic E-state index is 0.332. The van der Waals surface area contributed by atoms with E-state index in [9.17, 15) is 0 Å². The summed E-state index contributed by atoms with van der Waals surface area (Å²) in [5.41, 5.74) is 17.1. The molecular formula is C60H38N2OS. The topological polar surface area (TPSA) is 38.9 Å². The summed E-state index contributed by atoms with van der Waals surface area (Å²) >= 11 is 1.84. The van der Waals surface area contributed by atoms with Gasteiger partial charge in [-0.15, -0.1) is 11.3 Å². The summed E-state index contributed by atoms with van der Waals surface area (Å²) in [7, 11) is 0. The van der Waals surface area contributed by atoms with Gasteiger partial charge in [-0.2, -0.15) is 0 Å². The molecule has 12 aromatic rings. The van der Waals surface area contributed by atoms with Gasteiger partial charge >= 0.3 is 0 Å². The van der Waals surface area contributed by atoms with E-state index in [-0.39, 0.29) is 5.41 Å². The number of rotatable bonds is 6. The summed E-state index contributed by atoms with van der Waals surface area (Å²) in [6.07, 6.45) is 0. The van der Waals surface area contributed by atoms with Crippen molar-refractivity contribution in [1.82, 2.24) is 9.97 Å². The van der Waals surface area contributed by atoms with Gasteiger partial charge in [0, 0.05) is 53.1 Å². The second kappa shape index (κ2) is 14.3. The molecule has 13 rings (SSSR count). The second-order valence-electron chi connectivity index (χ2n) is 17.0. The molecule has 0 fully saturated rings. The van der Waals surface area contributed by atoms with E-state index in [4.69, 9.17) is 14.4 Å². The van der Waals surface area contributed by atoms with Crippen LogP contribution in [0.2, 0.25) is 0 Å². The molecule has 64 heavy (non-hydrogen) atoms. The Labute approximate surface area is 374 Å². The van der Waals surface area contributed by atoms with Crippen LogP contribution in [0.1, 0.15) is 23.6 Å². The fourth-order valence-corrected chi connectivity index (χ4v) is 11.2. The number of hydrogen-bond acceptors (Lipinski definition) is 4. The number of nitrogens with zero attached hydrogens (tertiary/aromatic N) is 2. The highest BCUT2D eigenvalue weighted by atomic mass is 32.1. The monoisotopic (exact) mass is 834 g/mol. The molecule has 0 N–H and O–H groups in total. The third-order valence-electron chi connectivity index (χ3n) is 13.4. The van der Waals surface area contributed by atoms with Crippen molar-refractivity contribution in [3.05, 3.63) is 229 Å². The van der Waals surface area contributed by atoms with Crippen molar-refractivity contribution in [2.75, 3.05) is 0 Å². The summed E-state index contributed by atoms with van der Waals surface area (Å²) in [5, 5.41) is 4.77. The molecule has 3 heterocycles. The van der Waals surface area contributed by atoms with Crippen LogP contribution in [0, 0.1) is 0 Å². The Balaban J connectivity index is 1.03. The van der Waals surface area contributed by atoms with Gasteiger partial charge < -0.3 is 4.42 Å². The average Bonchev–Trinajstić information content (AvgIpc) is 4.02. The van der Waals surface area contributed by atoms with Gasteiger partial charge in [-0.3, -0.25) is 0 Å². The van der Waals surface area contributed by atoms with Crippen molar-refractivity contribution in [2.24, 2.45) is 0 Å². The number of hydrogen-bond donors (Lipinski definition) is 0. The van der Waals surface area contributed by atoms with Crippen LogP contribution in [-0.2, 0) is 5.41 Å². The van der Waals surface area contributed by atoms with E-state index in [0.717, 1.165) is 72.3 Å². The molecule has 3 nitrogen and oxygen atoms in total. The van der Waals surface area contributed by atoms with E-state index in [2.05, 4.69) is 201 Å². The number of benzene rings is 9. The van der Waals surface area contributed by atoms with E-state index < -0.39 is 0 Å². The molecule has 3 aromatic heterocycles. The molecule has 1 aliphatic rings. The maximum atomic E-state index is 6.28. The third kappa shape index (κ3) is 5.80. The molecule has 4 heteroatoms. The SMILES string of the molecule is CC1(c2ccccc2)c2ccccc2-c2ccc(-c3cc(-c4cc(-c5ccc6oc7ccccc7c6c5)cc(-c5ccc6sc7ccccc7c6c5)c4)nc(-c4ccccc4)n3)cc21. The van der Waals surface area contributed by atoms with Crippen LogP contribution in [0.15, 0.2) is 217 Å². The van der Waals surface area contributed by atoms with Crippen molar-refractivity contribution < 1.29 is 4.42 Å². The molecule has 0 amide bonds. The molecule has 0 bridgehead atoms. The van der Waals surface area contributed by atoms with Crippen LogP contribution >= 0.6 is 11.3 Å². The van der Waals surface area contributed by atoms with E-state index in [1.165, 1.54) is 48.0 Å². The highest BCUT2D eigenvalue weighted by Crippen LogP contribution is 2.53. The Morgan fingerprint density at radius 2 is 0.969 bits per heavy atom. The van der Waals surface area contributed by atoms with Gasteiger partial charge in [0.25, 0.3) is 0 Å². The van der Waals surface area contributed by atoms with E-state index in [0.29, 0.717) is 5.82 Å². The van der Waals surface area contributed by atoms with Gasteiger partial charge in [-0.25, -0.2) is 9.97 Å². The van der Waals surface area contributed by atoms with Gasteiger partial charge in [-0.1, -0.05) is 146 Å². The number of fused-ring (bicyclic) bond motifs is 9. The zero-order chi connectivity index (χ0) is 42.4. The van der Waals surface area contributed by atoms with E-state index in [1.54, 1.807) is 0 Å². The van der Waals surface area contributed by atoms with Crippen molar-refractivity contribution in [3.63, 3.8) is 0 Å². The molecule has 300 valence electrons. The lowest BCUT2D eigenvalue weighted by atomic mass is 9.74. The zero-order valence-electron chi connectivity index (χ0n) is 34.9. The molecule has 0 spiro atoms. The Hall–Kier alpha value is -7.92. The van der Waals surface area contributed by atoms with Gasteiger partial charge in [0.05, 0.1) is 11.4 Å². The Morgan fingerprint density at radius 3 is 1.80 bits per heavy atom. The van der Waals surface area contributed by atoms with Gasteiger partial charge in [0.1, 0.15) is 11.2 Å². The van der Waals surface area contributed by atoms with Crippen LogP contribution in [0.5, 0.6) is 0 Å². The minimum Gasteiger partial charge on any atom is -0.456 e. The molecule has 0 saturated heterocycles. The lowest BCUT2D eigenvalue weighted by molar-refractivity contribution is 0.669. The Morgan fingerprint density at radius 1 is 0.375 bits per heavy atom. The molecule has 1 atom stereocenters. The van der Waals surface area contributed by atoms with Crippen LogP contribution in [0.4, 0.5) is 0 Å². The molecule has 0 saturated carbocycles. The molecule has 9 aromatic carbocycles. The fourth-order valence-electron chi connectivity index (χ4n) is 10.1. The highest BCUT2D eigenvalue weighted by molar-refractivity contribution is 7.25. The number of para-hydroxylation sites is 1. The first-order valence-electron chi connectivity index (χ1n) is 21.8. The molecule has 0 radical (unpaired) electrons. The van der Waals surface area contributed by atoms with Crippen LogP contribution < -0.4 is 0 Å². The van der Waals surface area contributed by atoms with E-state index >= 15 is 0 Å². The predicted octanol–water partition coefficient (Wildman–Crippen LogP) is 16.4. The Kier molecular flexibility index (Phi) is 8.21. The van der Waals surface area contributed by atoms with Crippen LogP contribution in [-0.4, -0.2) is 9.97 Å². The first kappa shape index (κ1) is 36.7. The number of aromatic nitrogens is 2. The molecule has 1 unspecified atom stereocenters. The fraction of sp³-hybridized carbons (Fsp3) is 0.0333. The lowest BCUT2D eigenvalue weighted by Gasteiger charge is -2.28. The summed E-state index contributed by atoms with van der Waals surface area (Å²) in [6, 6.07) is 76.5. The zero-order valence-corrected chi connectivity index (χ0v) is 35.7.